The Morgan fingerprint density at radius 3 is 2.67 bits per heavy atom. The van der Waals surface area contributed by atoms with Crippen LogP contribution in [0.4, 0.5) is 11.4 Å². The normalized spacial score (nSPS) is 10.5. The zero-order valence-corrected chi connectivity index (χ0v) is 12.9. The van der Waals surface area contributed by atoms with Crippen LogP contribution in [0.3, 0.4) is 0 Å². The maximum Gasteiger partial charge on any atom is 0.278 e. The van der Waals surface area contributed by atoms with Crippen molar-refractivity contribution in [1.82, 2.24) is 4.98 Å². The van der Waals surface area contributed by atoms with Crippen LogP contribution in [0.5, 0.6) is 0 Å². The van der Waals surface area contributed by atoms with E-state index < -0.39 is 0 Å². The Labute approximate surface area is 128 Å². The first kappa shape index (κ1) is 15.3. The van der Waals surface area contributed by atoms with Crippen molar-refractivity contribution in [3.63, 3.8) is 0 Å². The molecule has 110 valence electrons. The van der Waals surface area contributed by atoms with Crippen molar-refractivity contribution in [2.45, 2.75) is 27.3 Å². The quantitative estimate of drug-likeness (QED) is 0.679. The van der Waals surface area contributed by atoms with Crippen molar-refractivity contribution in [3.8, 4) is 0 Å². The number of nitro groups is 1. The van der Waals surface area contributed by atoms with E-state index in [-0.39, 0.29) is 10.6 Å². The molecule has 0 radical (unpaired) electrons. The van der Waals surface area contributed by atoms with Crippen molar-refractivity contribution in [2.24, 2.45) is 0 Å². The van der Waals surface area contributed by atoms with E-state index in [0.717, 1.165) is 11.3 Å². The van der Waals surface area contributed by atoms with E-state index in [9.17, 15) is 10.1 Å². The maximum absolute atomic E-state index is 11.1. The van der Waals surface area contributed by atoms with E-state index >= 15 is 0 Å². The molecule has 1 aromatic heterocycles. The van der Waals surface area contributed by atoms with Gasteiger partial charge >= 0.3 is 0 Å². The van der Waals surface area contributed by atoms with Crippen molar-refractivity contribution in [2.75, 3.05) is 5.32 Å². The van der Waals surface area contributed by atoms with Crippen LogP contribution in [0.2, 0.25) is 5.02 Å². The summed E-state index contributed by atoms with van der Waals surface area (Å²) in [5.41, 5.74) is 3.79. The number of rotatable bonds is 4. The largest absolute Gasteiger partial charge is 0.379 e. The summed E-state index contributed by atoms with van der Waals surface area (Å²) < 4.78 is 0. The first-order valence-electron chi connectivity index (χ1n) is 6.50. The molecule has 0 atom stereocenters. The molecule has 0 spiro atoms. The SMILES string of the molecule is Cc1cnc(CNc2cccc(Cl)c2C)c(C)c1[N+](=O)[O-]. The molecule has 0 saturated heterocycles. The first-order chi connectivity index (χ1) is 9.91. The van der Waals surface area contributed by atoms with Gasteiger partial charge in [-0.1, -0.05) is 17.7 Å². The lowest BCUT2D eigenvalue weighted by molar-refractivity contribution is -0.386. The molecule has 2 aromatic rings. The summed E-state index contributed by atoms with van der Waals surface area (Å²) in [5.74, 6) is 0. The number of nitrogens with zero attached hydrogens (tertiary/aromatic N) is 2. The van der Waals surface area contributed by atoms with E-state index in [4.69, 9.17) is 11.6 Å². The van der Waals surface area contributed by atoms with Gasteiger partial charge in [0, 0.05) is 22.5 Å². The molecule has 0 bridgehead atoms. The average molecular weight is 306 g/mol. The van der Waals surface area contributed by atoms with Gasteiger partial charge in [-0.15, -0.1) is 0 Å². The van der Waals surface area contributed by atoms with Gasteiger partial charge in [-0.3, -0.25) is 15.1 Å². The number of hydrogen-bond acceptors (Lipinski definition) is 4. The Bertz CT molecular complexity index is 702. The zero-order chi connectivity index (χ0) is 15.6. The number of halogens is 1. The summed E-state index contributed by atoms with van der Waals surface area (Å²) in [6.45, 7) is 5.74. The third-order valence-electron chi connectivity index (χ3n) is 3.47. The molecule has 0 amide bonds. The molecule has 0 saturated carbocycles. The van der Waals surface area contributed by atoms with Crippen LogP contribution in [0.25, 0.3) is 0 Å². The molecule has 6 heteroatoms. The Hall–Kier alpha value is -2.14. The van der Waals surface area contributed by atoms with Gasteiger partial charge in [0.05, 0.1) is 22.7 Å². The van der Waals surface area contributed by atoms with Gasteiger partial charge < -0.3 is 5.32 Å². The number of aryl methyl sites for hydroxylation is 1. The number of pyridine rings is 1. The van der Waals surface area contributed by atoms with Crippen molar-refractivity contribution >= 4 is 23.0 Å². The van der Waals surface area contributed by atoms with Gasteiger partial charge in [-0.25, -0.2) is 0 Å². The number of nitrogens with one attached hydrogen (secondary N) is 1. The summed E-state index contributed by atoms with van der Waals surface area (Å²) in [4.78, 5) is 15.0. The van der Waals surface area contributed by atoms with Crippen LogP contribution in [-0.2, 0) is 6.54 Å². The number of aromatic nitrogens is 1. The molecule has 1 aromatic carbocycles. The molecule has 0 fully saturated rings. The fraction of sp³-hybridized carbons (Fsp3) is 0.267. The molecule has 0 aliphatic rings. The average Bonchev–Trinajstić information content (AvgIpc) is 2.42. The summed E-state index contributed by atoms with van der Waals surface area (Å²) in [7, 11) is 0. The highest BCUT2D eigenvalue weighted by atomic mass is 35.5. The predicted molar refractivity (Wildman–Crippen MR) is 83.9 cm³/mol. The molecule has 0 aliphatic heterocycles. The number of benzene rings is 1. The Morgan fingerprint density at radius 1 is 1.29 bits per heavy atom. The third kappa shape index (κ3) is 3.13. The number of hydrogen-bond donors (Lipinski definition) is 1. The van der Waals surface area contributed by atoms with Crippen LogP contribution in [0.15, 0.2) is 24.4 Å². The topological polar surface area (TPSA) is 68.1 Å². The van der Waals surface area contributed by atoms with Crippen molar-refractivity contribution in [1.29, 1.82) is 0 Å². The highest BCUT2D eigenvalue weighted by Crippen LogP contribution is 2.26. The van der Waals surface area contributed by atoms with Crippen LogP contribution < -0.4 is 5.32 Å². The van der Waals surface area contributed by atoms with Crippen molar-refractivity contribution in [3.05, 3.63) is 61.9 Å². The second kappa shape index (κ2) is 6.10. The minimum Gasteiger partial charge on any atom is -0.379 e. The van der Waals surface area contributed by atoms with Crippen LogP contribution in [0, 0.1) is 30.9 Å². The lowest BCUT2D eigenvalue weighted by atomic mass is 10.1. The fourth-order valence-corrected chi connectivity index (χ4v) is 2.38. The molecule has 5 nitrogen and oxygen atoms in total. The van der Waals surface area contributed by atoms with Gasteiger partial charge in [0.15, 0.2) is 0 Å². The van der Waals surface area contributed by atoms with Gasteiger partial charge in [-0.2, -0.15) is 0 Å². The maximum atomic E-state index is 11.1. The van der Waals surface area contributed by atoms with Crippen molar-refractivity contribution < 1.29 is 4.92 Å². The molecule has 1 N–H and O–H groups in total. The molecular formula is C15H16ClN3O2. The molecular weight excluding hydrogens is 290 g/mol. The van der Waals surface area contributed by atoms with Crippen LogP contribution in [-0.4, -0.2) is 9.91 Å². The van der Waals surface area contributed by atoms with E-state index in [1.165, 1.54) is 6.20 Å². The Kier molecular flexibility index (Phi) is 4.43. The van der Waals surface area contributed by atoms with E-state index in [0.29, 0.717) is 28.4 Å². The third-order valence-corrected chi connectivity index (χ3v) is 3.88. The van der Waals surface area contributed by atoms with Gasteiger partial charge in [0.2, 0.25) is 0 Å². The molecule has 0 unspecified atom stereocenters. The predicted octanol–water partition coefficient (Wildman–Crippen LogP) is 4.18. The monoisotopic (exact) mass is 305 g/mol. The van der Waals surface area contributed by atoms with E-state index in [2.05, 4.69) is 10.3 Å². The van der Waals surface area contributed by atoms with Crippen LogP contribution in [0.1, 0.15) is 22.4 Å². The van der Waals surface area contributed by atoms with Gasteiger partial charge in [0.25, 0.3) is 5.69 Å². The highest BCUT2D eigenvalue weighted by molar-refractivity contribution is 6.31. The minimum atomic E-state index is -0.361. The lowest BCUT2D eigenvalue weighted by Gasteiger charge is -2.12. The van der Waals surface area contributed by atoms with Crippen LogP contribution >= 0.6 is 11.6 Å². The lowest BCUT2D eigenvalue weighted by Crippen LogP contribution is -2.08. The standard InChI is InChI=1S/C15H16ClN3O2/c1-9-7-17-14(11(3)15(9)19(20)21)8-18-13-6-4-5-12(16)10(13)2/h4-7,18H,8H2,1-3H3. The Balaban J connectivity index is 2.27. The summed E-state index contributed by atoms with van der Waals surface area (Å²) >= 11 is 6.07. The second-order valence-electron chi connectivity index (χ2n) is 4.88. The zero-order valence-electron chi connectivity index (χ0n) is 12.1. The first-order valence-corrected chi connectivity index (χ1v) is 6.88. The van der Waals surface area contributed by atoms with Gasteiger partial charge in [-0.05, 0) is 38.5 Å². The molecule has 0 aliphatic carbocycles. The summed E-state index contributed by atoms with van der Waals surface area (Å²) in [5, 5.41) is 15.0. The minimum absolute atomic E-state index is 0.129. The second-order valence-corrected chi connectivity index (χ2v) is 5.29. The van der Waals surface area contributed by atoms with E-state index in [1.54, 1.807) is 13.8 Å². The summed E-state index contributed by atoms with van der Waals surface area (Å²) in [6.07, 6.45) is 1.53. The molecule has 21 heavy (non-hydrogen) atoms. The fourth-order valence-electron chi connectivity index (χ4n) is 2.20. The number of anilines is 1. The Morgan fingerprint density at radius 2 is 2.00 bits per heavy atom. The van der Waals surface area contributed by atoms with Gasteiger partial charge in [0.1, 0.15) is 0 Å². The molecule has 2 rings (SSSR count). The smallest absolute Gasteiger partial charge is 0.278 e. The summed E-state index contributed by atoms with van der Waals surface area (Å²) in [6, 6.07) is 5.59. The molecule has 1 heterocycles. The van der Waals surface area contributed by atoms with E-state index in [1.807, 2.05) is 25.1 Å². The highest BCUT2D eigenvalue weighted by Gasteiger charge is 2.18.